The minimum absolute atomic E-state index is 0.667. The first-order chi connectivity index (χ1) is 19.8. The number of para-hydroxylation sites is 2. The first-order valence-corrected chi connectivity index (χ1v) is 15.0. The number of aromatic nitrogens is 1. The van der Waals surface area contributed by atoms with Crippen LogP contribution in [-0.2, 0) is 0 Å². The molecule has 0 spiro atoms. The van der Waals surface area contributed by atoms with Crippen LogP contribution in [0.3, 0.4) is 0 Å². The maximum Gasteiger partial charge on any atom is 0.0991 e. The van der Waals surface area contributed by atoms with Crippen LogP contribution in [0.15, 0.2) is 177 Å². The fraction of sp³-hybridized carbons (Fsp3) is 0. The van der Waals surface area contributed by atoms with Gasteiger partial charge in [-0.3, -0.25) is 0 Å². The fourth-order valence-corrected chi connectivity index (χ4v) is 9.65. The van der Waals surface area contributed by atoms with E-state index >= 15 is 0 Å². The number of hydrogen-bond acceptors (Lipinski definition) is 1. The Morgan fingerprint density at radius 1 is 0.425 bits per heavy atom. The van der Waals surface area contributed by atoms with Crippen LogP contribution in [0.25, 0.3) is 27.5 Å². The molecule has 7 aromatic rings. The summed E-state index contributed by atoms with van der Waals surface area (Å²) in [5.74, 6) is 0. The van der Waals surface area contributed by atoms with Crippen molar-refractivity contribution in [3.05, 3.63) is 163 Å². The molecule has 0 aliphatic carbocycles. The van der Waals surface area contributed by atoms with Gasteiger partial charge in [-0.25, -0.2) is 0 Å². The van der Waals surface area contributed by atoms with Gasteiger partial charge in [0.2, 0.25) is 0 Å². The van der Waals surface area contributed by atoms with Gasteiger partial charge in [-0.2, -0.15) is 5.26 Å². The highest BCUT2D eigenvalue weighted by Gasteiger charge is 2.33. The van der Waals surface area contributed by atoms with Crippen LogP contribution < -0.4 is 0 Å². The highest BCUT2D eigenvalue weighted by atomic mass is 32.3. The molecule has 0 bridgehead atoms. The third-order valence-electron chi connectivity index (χ3n) is 7.56. The van der Waals surface area contributed by atoms with Gasteiger partial charge in [0.05, 0.1) is 22.7 Å². The summed E-state index contributed by atoms with van der Waals surface area (Å²) in [4.78, 5) is 4.97. The van der Waals surface area contributed by atoms with Crippen molar-refractivity contribution < 1.29 is 0 Å². The summed E-state index contributed by atoms with van der Waals surface area (Å²) in [5.41, 5.74) is 4.21. The number of nitriles is 1. The molecule has 0 aliphatic heterocycles. The van der Waals surface area contributed by atoms with E-state index < -0.39 is 10.0 Å². The van der Waals surface area contributed by atoms with Crippen molar-refractivity contribution in [2.45, 2.75) is 19.6 Å². The van der Waals surface area contributed by atoms with Crippen LogP contribution >= 0.6 is 10.0 Å². The molecule has 0 aliphatic rings. The van der Waals surface area contributed by atoms with E-state index in [1.54, 1.807) is 0 Å². The lowest BCUT2D eigenvalue weighted by molar-refractivity contribution is 1.16. The van der Waals surface area contributed by atoms with Crippen molar-refractivity contribution in [2.75, 3.05) is 0 Å². The molecule has 0 N–H and O–H groups in total. The SMILES string of the molecule is N#Cc1ccc(S(c2ccccc2)(c2ccccc2)c2ccc(-n3c4ccccc4c4ccccc43)cc2)cc1. The summed E-state index contributed by atoms with van der Waals surface area (Å²) in [6.45, 7) is 0. The minimum atomic E-state index is -1.83. The zero-order chi connectivity index (χ0) is 26.9. The number of nitrogens with zero attached hydrogens (tertiary/aromatic N) is 2. The summed E-state index contributed by atoms with van der Waals surface area (Å²) < 4.78 is 2.36. The number of rotatable bonds is 5. The molecule has 6 aromatic carbocycles. The highest BCUT2D eigenvalue weighted by molar-refractivity contribution is 8.34. The molecule has 2 nitrogen and oxygen atoms in total. The molecule has 7 rings (SSSR count). The van der Waals surface area contributed by atoms with Gasteiger partial charge >= 0.3 is 0 Å². The number of hydrogen-bond donors (Lipinski definition) is 0. The lowest BCUT2D eigenvalue weighted by atomic mass is 10.2. The summed E-state index contributed by atoms with van der Waals surface area (Å²) in [6.07, 6.45) is 0. The van der Waals surface area contributed by atoms with Gasteiger partial charge in [-0.05, 0) is 84.9 Å². The lowest BCUT2D eigenvalue weighted by Crippen LogP contribution is -2.05. The van der Waals surface area contributed by atoms with Gasteiger partial charge in [0.15, 0.2) is 0 Å². The number of benzene rings is 6. The Balaban J connectivity index is 1.49. The fourth-order valence-electron chi connectivity index (χ4n) is 5.80. The largest absolute Gasteiger partial charge is 0.309 e. The van der Waals surface area contributed by atoms with Gasteiger partial charge in [0.25, 0.3) is 0 Å². The second kappa shape index (κ2) is 9.93. The van der Waals surface area contributed by atoms with Crippen molar-refractivity contribution in [3.63, 3.8) is 0 Å². The molecule has 0 amide bonds. The molecule has 0 unspecified atom stereocenters. The van der Waals surface area contributed by atoms with E-state index in [2.05, 4.69) is 156 Å². The quantitative estimate of drug-likeness (QED) is 0.218. The zero-order valence-electron chi connectivity index (χ0n) is 21.8. The molecule has 3 heteroatoms. The van der Waals surface area contributed by atoms with E-state index in [9.17, 15) is 5.26 Å². The molecular formula is C37H26N2S. The van der Waals surface area contributed by atoms with Gasteiger partial charge in [-0.15, -0.1) is 10.0 Å². The minimum Gasteiger partial charge on any atom is -0.309 e. The van der Waals surface area contributed by atoms with Gasteiger partial charge in [0, 0.05) is 36.0 Å². The van der Waals surface area contributed by atoms with E-state index in [1.807, 2.05) is 12.1 Å². The summed E-state index contributed by atoms with van der Waals surface area (Å²) >= 11 is 0. The Morgan fingerprint density at radius 2 is 0.825 bits per heavy atom. The monoisotopic (exact) mass is 530 g/mol. The number of fused-ring (bicyclic) bond motifs is 3. The van der Waals surface area contributed by atoms with Gasteiger partial charge in [-0.1, -0.05) is 72.8 Å². The third-order valence-corrected chi connectivity index (χ3v) is 11.5. The first kappa shape index (κ1) is 24.0. The Bertz CT molecular complexity index is 1890. The smallest absolute Gasteiger partial charge is 0.0991 e. The summed E-state index contributed by atoms with van der Waals surface area (Å²) in [6, 6.07) is 58.3. The standard InChI is InChI=1S/C37H26N2S/c38-27-28-19-23-32(24-20-28)40(30-11-3-1-4-12-30,31-13-5-2-6-14-31)33-25-21-29(22-26-33)39-36-17-9-7-15-34(36)35-16-8-10-18-37(35)39/h1-26H. The highest BCUT2D eigenvalue weighted by Crippen LogP contribution is 2.73. The molecule has 0 saturated carbocycles. The molecule has 0 fully saturated rings. The zero-order valence-corrected chi connectivity index (χ0v) is 22.6. The van der Waals surface area contributed by atoms with Crippen molar-refractivity contribution >= 4 is 31.8 Å². The van der Waals surface area contributed by atoms with Gasteiger partial charge in [0.1, 0.15) is 0 Å². The van der Waals surface area contributed by atoms with Crippen molar-refractivity contribution in [1.82, 2.24) is 4.57 Å². The van der Waals surface area contributed by atoms with E-state index in [-0.39, 0.29) is 0 Å². The van der Waals surface area contributed by atoms with Crippen LogP contribution in [0, 0.1) is 11.3 Å². The lowest BCUT2D eigenvalue weighted by Gasteiger charge is -2.42. The molecule has 0 saturated heterocycles. The molecule has 190 valence electrons. The van der Waals surface area contributed by atoms with Crippen LogP contribution in [0.5, 0.6) is 0 Å². The third kappa shape index (κ3) is 3.73. The Morgan fingerprint density at radius 3 is 1.30 bits per heavy atom. The Labute approximate surface area is 235 Å². The van der Waals surface area contributed by atoms with Crippen molar-refractivity contribution in [3.8, 4) is 11.8 Å². The average Bonchev–Trinajstić information content (AvgIpc) is 3.38. The molecular weight excluding hydrogens is 504 g/mol. The van der Waals surface area contributed by atoms with E-state index in [0.717, 1.165) is 5.69 Å². The predicted molar refractivity (Wildman–Crippen MR) is 165 cm³/mol. The normalized spacial score (nSPS) is 11.9. The van der Waals surface area contributed by atoms with E-state index in [1.165, 1.54) is 41.4 Å². The van der Waals surface area contributed by atoms with Crippen LogP contribution in [-0.4, -0.2) is 4.57 Å². The van der Waals surface area contributed by atoms with Crippen molar-refractivity contribution in [2.24, 2.45) is 0 Å². The van der Waals surface area contributed by atoms with Crippen molar-refractivity contribution in [1.29, 1.82) is 5.26 Å². The predicted octanol–water partition coefficient (Wildman–Crippen LogP) is 10.00. The molecule has 0 atom stereocenters. The van der Waals surface area contributed by atoms with Crippen LogP contribution in [0.1, 0.15) is 5.56 Å². The molecule has 1 aromatic heterocycles. The Hall–Kier alpha value is -5.04. The maximum atomic E-state index is 9.51. The second-order valence-electron chi connectivity index (χ2n) is 9.74. The van der Waals surface area contributed by atoms with E-state index in [4.69, 9.17) is 0 Å². The molecule has 1 heterocycles. The molecule has 0 radical (unpaired) electrons. The van der Waals surface area contributed by atoms with Crippen LogP contribution in [0.4, 0.5) is 0 Å². The average molecular weight is 531 g/mol. The second-order valence-corrected chi connectivity index (χ2v) is 12.8. The first-order valence-electron chi connectivity index (χ1n) is 13.3. The Kier molecular flexibility index (Phi) is 5.96. The summed E-state index contributed by atoms with van der Waals surface area (Å²) in [7, 11) is -1.83. The van der Waals surface area contributed by atoms with Crippen LogP contribution in [0.2, 0.25) is 0 Å². The molecule has 40 heavy (non-hydrogen) atoms. The maximum absolute atomic E-state index is 9.51. The topological polar surface area (TPSA) is 28.7 Å². The van der Waals surface area contributed by atoms with E-state index in [0.29, 0.717) is 5.56 Å². The summed E-state index contributed by atoms with van der Waals surface area (Å²) in [5, 5.41) is 12.0. The van der Waals surface area contributed by atoms with Gasteiger partial charge < -0.3 is 4.57 Å².